The fraction of sp³-hybridized carbons (Fsp3) is 0.750. The second-order valence-electron chi connectivity index (χ2n) is 8.82. The van der Waals surface area contributed by atoms with Gasteiger partial charge in [-0.2, -0.15) is 13.8 Å². The number of rotatable bonds is 4. The summed E-state index contributed by atoms with van der Waals surface area (Å²) in [5, 5.41) is 0. The van der Waals surface area contributed by atoms with Crippen molar-refractivity contribution in [2.24, 2.45) is 17.8 Å². The Morgan fingerprint density at radius 1 is 1.24 bits per heavy atom. The fourth-order valence-corrected chi connectivity index (χ4v) is 5.22. The van der Waals surface area contributed by atoms with E-state index in [9.17, 15) is 18.0 Å². The van der Waals surface area contributed by atoms with Crippen LogP contribution in [0.2, 0.25) is 0 Å². The van der Waals surface area contributed by atoms with Crippen molar-refractivity contribution in [3.8, 4) is 0 Å². The number of fused-ring (bicyclic) bond motifs is 2. The zero-order valence-corrected chi connectivity index (χ0v) is 16.6. The molecule has 0 spiro atoms. The highest BCUT2D eigenvalue weighted by Crippen LogP contribution is 2.55. The van der Waals surface area contributed by atoms with Gasteiger partial charge in [-0.05, 0) is 37.5 Å². The van der Waals surface area contributed by atoms with Crippen molar-refractivity contribution in [3.05, 3.63) is 11.3 Å². The number of piperidine rings is 1. The number of anilines is 2. The number of methoxy groups -OCH3 is 1. The maximum absolute atomic E-state index is 14.7. The number of hydrogen-bond acceptors (Lipinski definition) is 6. The monoisotopic (exact) mass is 410 g/mol. The Labute approximate surface area is 167 Å². The number of aromatic nitrogens is 2. The minimum atomic E-state index is -2.99. The summed E-state index contributed by atoms with van der Waals surface area (Å²) in [6.07, 6.45) is 0.127. The molecule has 6 nitrogen and oxygen atoms in total. The number of halogens is 3. The summed E-state index contributed by atoms with van der Waals surface area (Å²) in [5.74, 6) is -1.38. The Morgan fingerprint density at radius 3 is 2.59 bits per heavy atom. The largest absolute Gasteiger partial charge is 0.469 e. The van der Waals surface area contributed by atoms with Crippen molar-refractivity contribution >= 4 is 17.7 Å². The molecule has 0 aromatic carbocycles. The third kappa shape index (κ3) is 2.95. The summed E-state index contributed by atoms with van der Waals surface area (Å²) in [7, 11) is 1.39. The molecule has 5 atom stereocenters. The van der Waals surface area contributed by atoms with Crippen LogP contribution < -0.4 is 9.80 Å². The van der Waals surface area contributed by atoms with E-state index >= 15 is 0 Å². The molecule has 1 saturated carbocycles. The molecule has 29 heavy (non-hydrogen) atoms. The number of hydrogen-bond donors (Lipinski definition) is 0. The Morgan fingerprint density at radius 2 is 1.97 bits per heavy atom. The van der Waals surface area contributed by atoms with Gasteiger partial charge in [-0.1, -0.05) is 0 Å². The van der Waals surface area contributed by atoms with E-state index in [0.29, 0.717) is 61.5 Å². The SMILES string of the molecule is COC(=O)CC1[C@H]2CN(c3nc(N4CC(F)C4C)nc4c3CCCC4(F)F)C[C@@H]12. The van der Waals surface area contributed by atoms with E-state index in [1.165, 1.54) is 7.11 Å². The number of carbonyl (C=O) groups is 1. The number of esters is 1. The lowest BCUT2D eigenvalue weighted by Crippen LogP contribution is -2.57. The molecular formula is C20H25F3N4O2. The van der Waals surface area contributed by atoms with Gasteiger partial charge in [0.25, 0.3) is 5.92 Å². The van der Waals surface area contributed by atoms with Crippen molar-refractivity contribution in [1.29, 1.82) is 0 Å². The quantitative estimate of drug-likeness (QED) is 0.712. The molecule has 3 unspecified atom stereocenters. The summed E-state index contributed by atoms with van der Waals surface area (Å²) in [5.41, 5.74) is 0.339. The van der Waals surface area contributed by atoms with Gasteiger partial charge in [0.1, 0.15) is 17.7 Å². The predicted molar refractivity (Wildman–Crippen MR) is 99.9 cm³/mol. The lowest BCUT2D eigenvalue weighted by molar-refractivity contribution is -0.141. The van der Waals surface area contributed by atoms with Crippen LogP contribution in [0.5, 0.6) is 0 Å². The Bertz CT molecular complexity index is 839. The zero-order valence-electron chi connectivity index (χ0n) is 16.6. The average Bonchev–Trinajstić information content (AvgIpc) is 3.12. The van der Waals surface area contributed by atoms with Crippen LogP contribution in [0.25, 0.3) is 0 Å². The van der Waals surface area contributed by atoms with Crippen LogP contribution in [-0.2, 0) is 21.9 Å². The number of ether oxygens (including phenoxy) is 1. The third-order valence-electron chi connectivity index (χ3n) is 7.18. The fourth-order valence-electron chi connectivity index (χ4n) is 5.22. The van der Waals surface area contributed by atoms with Crippen LogP contribution in [0.3, 0.4) is 0 Å². The van der Waals surface area contributed by atoms with Gasteiger partial charge >= 0.3 is 5.97 Å². The molecule has 0 bridgehead atoms. The van der Waals surface area contributed by atoms with Crippen LogP contribution in [-0.4, -0.2) is 54.9 Å². The van der Waals surface area contributed by atoms with E-state index in [2.05, 4.69) is 14.9 Å². The van der Waals surface area contributed by atoms with Crippen molar-refractivity contribution in [1.82, 2.24) is 9.97 Å². The topological polar surface area (TPSA) is 58.6 Å². The number of carbonyl (C=O) groups excluding carboxylic acids is 1. The van der Waals surface area contributed by atoms with Crippen molar-refractivity contribution in [2.75, 3.05) is 36.5 Å². The van der Waals surface area contributed by atoms with Crippen molar-refractivity contribution in [3.63, 3.8) is 0 Å². The second kappa shape index (κ2) is 6.47. The molecule has 1 aromatic heterocycles. The summed E-state index contributed by atoms with van der Waals surface area (Å²) in [6, 6.07) is -0.408. The standard InChI is InChI=1S/C20H25F3N4O2/c1-10-15(21)9-27(10)19-24-17-11(4-3-5-20(17,22)23)18(25-19)26-7-13-12(14(13)8-26)6-16(28)29-2/h10,12-15H,3-9H2,1-2H3/t10?,12?,13-,14+,15?. The van der Waals surface area contributed by atoms with E-state index in [1.54, 1.807) is 11.8 Å². The molecule has 5 rings (SSSR count). The molecule has 4 aliphatic rings. The molecule has 158 valence electrons. The van der Waals surface area contributed by atoms with Gasteiger partial charge in [-0.3, -0.25) is 4.79 Å². The summed E-state index contributed by atoms with van der Waals surface area (Å²) >= 11 is 0. The van der Waals surface area contributed by atoms with E-state index in [4.69, 9.17) is 4.74 Å². The van der Waals surface area contributed by atoms with Gasteiger partial charge in [0.05, 0.1) is 19.7 Å². The second-order valence-corrected chi connectivity index (χ2v) is 8.82. The van der Waals surface area contributed by atoms with Crippen LogP contribution in [0.15, 0.2) is 0 Å². The highest BCUT2D eigenvalue weighted by molar-refractivity contribution is 5.70. The lowest BCUT2D eigenvalue weighted by atomic mass is 9.92. The molecule has 2 saturated heterocycles. The first kappa shape index (κ1) is 18.9. The molecule has 2 aliphatic carbocycles. The zero-order chi connectivity index (χ0) is 20.5. The average molecular weight is 410 g/mol. The van der Waals surface area contributed by atoms with Crippen LogP contribution >= 0.6 is 0 Å². The molecule has 1 aromatic rings. The molecule has 0 N–H and O–H groups in total. The van der Waals surface area contributed by atoms with Crippen molar-refractivity contribution in [2.45, 2.75) is 50.7 Å². The highest BCUT2D eigenvalue weighted by Gasteiger charge is 2.57. The van der Waals surface area contributed by atoms with Gasteiger partial charge in [-0.25, -0.2) is 9.37 Å². The molecule has 9 heteroatoms. The molecule has 0 radical (unpaired) electrons. The normalized spacial score (nSPS) is 34.3. The maximum atomic E-state index is 14.7. The molecule has 0 amide bonds. The van der Waals surface area contributed by atoms with Crippen LogP contribution in [0.1, 0.15) is 37.4 Å². The van der Waals surface area contributed by atoms with Crippen molar-refractivity contribution < 1.29 is 22.7 Å². The van der Waals surface area contributed by atoms with Gasteiger partial charge in [0.15, 0.2) is 0 Å². The Hall–Kier alpha value is -2.06. The number of nitrogens with zero attached hydrogens (tertiary/aromatic N) is 4. The first-order valence-electron chi connectivity index (χ1n) is 10.3. The summed E-state index contributed by atoms with van der Waals surface area (Å²) in [6.45, 7) is 3.25. The number of alkyl halides is 3. The van der Waals surface area contributed by atoms with E-state index in [1.807, 2.05) is 0 Å². The Balaban J connectivity index is 1.44. The minimum absolute atomic E-state index is 0.136. The molecule has 3 heterocycles. The first-order chi connectivity index (χ1) is 13.8. The van der Waals surface area contributed by atoms with E-state index in [0.717, 1.165) is 0 Å². The van der Waals surface area contributed by atoms with Crippen LogP contribution in [0.4, 0.5) is 24.9 Å². The molecule has 2 aliphatic heterocycles. The smallest absolute Gasteiger partial charge is 0.305 e. The van der Waals surface area contributed by atoms with E-state index < -0.39 is 18.1 Å². The predicted octanol–water partition coefficient (Wildman–Crippen LogP) is 2.70. The highest BCUT2D eigenvalue weighted by atomic mass is 19.3. The first-order valence-corrected chi connectivity index (χ1v) is 10.3. The maximum Gasteiger partial charge on any atom is 0.305 e. The molecule has 3 fully saturated rings. The summed E-state index contributed by atoms with van der Waals surface area (Å²) in [4.78, 5) is 24.1. The lowest BCUT2D eigenvalue weighted by Gasteiger charge is -2.43. The van der Waals surface area contributed by atoms with Gasteiger partial charge in [0.2, 0.25) is 5.95 Å². The van der Waals surface area contributed by atoms with E-state index in [-0.39, 0.29) is 30.6 Å². The van der Waals surface area contributed by atoms with Gasteiger partial charge in [-0.15, -0.1) is 0 Å². The van der Waals surface area contributed by atoms with Gasteiger partial charge < -0.3 is 14.5 Å². The summed E-state index contributed by atoms with van der Waals surface area (Å²) < 4.78 is 47.8. The van der Waals surface area contributed by atoms with Crippen LogP contribution in [0, 0.1) is 17.8 Å². The Kier molecular flexibility index (Phi) is 4.22. The molecular weight excluding hydrogens is 385 g/mol. The van der Waals surface area contributed by atoms with Gasteiger partial charge in [0, 0.05) is 31.5 Å². The third-order valence-corrected chi connectivity index (χ3v) is 7.18. The minimum Gasteiger partial charge on any atom is -0.469 e.